The van der Waals surface area contributed by atoms with Crippen LogP contribution in [-0.2, 0) is 4.79 Å². The van der Waals surface area contributed by atoms with Gasteiger partial charge in [0.1, 0.15) is 0 Å². The molecule has 0 spiro atoms. The number of rotatable bonds is 3. The first-order valence-corrected chi connectivity index (χ1v) is 7.75. The fraction of sp³-hybridized carbons (Fsp3) is 0.500. The molecule has 2 nitrogen and oxygen atoms in total. The summed E-state index contributed by atoms with van der Waals surface area (Å²) >= 11 is -0.636. The zero-order valence-electron chi connectivity index (χ0n) is 6.07. The molecule has 0 aliphatic rings. The van der Waals surface area contributed by atoms with Crippen molar-refractivity contribution < 1.29 is 9.90 Å². The molecule has 4 heteroatoms. The molecule has 0 radical (unpaired) electrons. The van der Waals surface area contributed by atoms with E-state index in [9.17, 15) is 4.79 Å². The van der Waals surface area contributed by atoms with Crippen molar-refractivity contribution in [3.8, 4) is 0 Å². The number of hydrogen-bond donors (Lipinski definition) is 1. The van der Waals surface area contributed by atoms with E-state index in [1.165, 1.54) is 6.08 Å². The molecule has 0 saturated heterocycles. The van der Waals surface area contributed by atoms with Gasteiger partial charge in [-0.05, 0) is 0 Å². The van der Waals surface area contributed by atoms with Crippen LogP contribution in [0.2, 0.25) is 16.6 Å². The third-order valence-electron chi connectivity index (χ3n) is 0.731. The summed E-state index contributed by atoms with van der Waals surface area (Å²) in [7, 11) is 0. The maximum atomic E-state index is 9.91. The average molecular weight is 227 g/mol. The first-order valence-electron chi connectivity index (χ1n) is 2.67. The van der Waals surface area contributed by atoms with E-state index in [1.807, 2.05) is 0 Å². The Morgan fingerprint density at radius 1 is 1.60 bits per heavy atom. The Morgan fingerprint density at radius 2 is 2.10 bits per heavy atom. The molecule has 0 unspecified atom stereocenters. The van der Waals surface area contributed by atoms with Gasteiger partial charge in [-0.3, -0.25) is 0 Å². The SMILES string of the molecule is C[As](C)C/C=C/C(=O)O.Cl. The van der Waals surface area contributed by atoms with Crippen LogP contribution in [0.1, 0.15) is 0 Å². The van der Waals surface area contributed by atoms with Gasteiger partial charge in [0, 0.05) is 0 Å². The Kier molecular flexibility index (Phi) is 9.11. The van der Waals surface area contributed by atoms with Crippen LogP contribution in [0.5, 0.6) is 0 Å². The van der Waals surface area contributed by atoms with Crippen molar-refractivity contribution >= 4 is 33.0 Å². The molecule has 0 aliphatic carbocycles. The molecular weight excluding hydrogens is 214 g/mol. The van der Waals surface area contributed by atoms with E-state index in [0.29, 0.717) is 0 Å². The number of aliphatic carboxylic acids is 1. The summed E-state index contributed by atoms with van der Waals surface area (Å²) in [6.07, 6.45) is 2.96. The molecular formula is C6H12AsClO2. The quantitative estimate of drug-likeness (QED) is 0.589. The number of hydrogen-bond acceptors (Lipinski definition) is 1. The van der Waals surface area contributed by atoms with Gasteiger partial charge in [-0.1, -0.05) is 0 Å². The monoisotopic (exact) mass is 226 g/mol. The minimum Gasteiger partial charge on any atom is -0.147 e. The van der Waals surface area contributed by atoms with Crippen LogP contribution in [0.25, 0.3) is 0 Å². The van der Waals surface area contributed by atoms with Crippen molar-refractivity contribution in [2.24, 2.45) is 0 Å². The third kappa shape index (κ3) is 10.9. The first-order chi connectivity index (χ1) is 4.13. The molecule has 0 aliphatic heterocycles. The van der Waals surface area contributed by atoms with Gasteiger partial charge in [0.25, 0.3) is 0 Å². The molecule has 0 aromatic carbocycles. The summed E-state index contributed by atoms with van der Waals surface area (Å²) in [6.45, 7) is 0. The summed E-state index contributed by atoms with van der Waals surface area (Å²) in [5, 5.41) is 9.14. The zero-order valence-corrected chi connectivity index (χ0v) is 8.77. The largest absolute Gasteiger partial charge is 0.147 e. The molecule has 0 bridgehead atoms. The molecule has 0 heterocycles. The molecule has 1 N–H and O–H groups in total. The van der Waals surface area contributed by atoms with E-state index in [4.69, 9.17) is 5.11 Å². The molecule has 0 amide bonds. The predicted molar refractivity (Wildman–Crippen MR) is 46.3 cm³/mol. The van der Waals surface area contributed by atoms with E-state index in [0.717, 1.165) is 5.21 Å². The zero-order chi connectivity index (χ0) is 7.28. The standard InChI is InChI=1S/C6H11AsO2.ClH/c1-7(2)5-3-4-6(8)9;/h3-4H,5H2,1-2H3,(H,8,9);1H/b4-3+;. The molecule has 0 aromatic heterocycles. The van der Waals surface area contributed by atoms with Crippen LogP contribution in [0.15, 0.2) is 12.2 Å². The topological polar surface area (TPSA) is 37.3 Å². The van der Waals surface area contributed by atoms with Crippen LogP contribution in [0, 0.1) is 0 Å². The van der Waals surface area contributed by atoms with Crippen molar-refractivity contribution in [2.45, 2.75) is 16.6 Å². The summed E-state index contributed by atoms with van der Waals surface area (Å²) in [4.78, 5) is 9.91. The van der Waals surface area contributed by atoms with Crippen molar-refractivity contribution in [3.05, 3.63) is 12.2 Å². The number of carbonyl (C=O) groups is 1. The van der Waals surface area contributed by atoms with Crippen LogP contribution in [-0.4, -0.2) is 25.7 Å². The van der Waals surface area contributed by atoms with Gasteiger partial charge in [0.15, 0.2) is 0 Å². The molecule has 0 aromatic rings. The van der Waals surface area contributed by atoms with Gasteiger partial charge in [-0.25, -0.2) is 0 Å². The van der Waals surface area contributed by atoms with Crippen LogP contribution < -0.4 is 0 Å². The second-order valence-corrected chi connectivity index (χ2v) is 7.30. The normalized spacial score (nSPS) is 9.90. The Labute approximate surface area is 72.0 Å². The van der Waals surface area contributed by atoms with Crippen LogP contribution in [0.4, 0.5) is 0 Å². The minimum atomic E-state index is -0.842. The van der Waals surface area contributed by atoms with Crippen molar-refractivity contribution in [3.63, 3.8) is 0 Å². The molecule has 60 valence electrons. The number of allylic oxidation sites excluding steroid dienone is 1. The summed E-state index contributed by atoms with van der Waals surface area (Å²) < 4.78 is 0. The Balaban J connectivity index is 0. The van der Waals surface area contributed by atoms with Gasteiger partial charge in [-0.15, -0.1) is 12.4 Å². The van der Waals surface area contributed by atoms with Gasteiger partial charge < -0.3 is 0 Å². The second-order valence-electron chi connectivity index (χ2n) is 2.00. The fourth-order valence-corrected chi connectivity index (χ4v) is 1.47. The van der Waals surface area contributed by atoms with Crippen LogP contribution >= 0.6 is 12.4 Å². The van der Waals surface area contributed by atoms with Gasteiger partial charge in [0.05, 0.1) is 0 Å². The van der Waals surface area contributed by atoms with Crippen molar-refractivity contribution in [2.75, 3.05) is 0 Å². The summed E-state index contributed by atoms with van der Waals surface area (Å²) in [6, 6.07) is 0. The third-order valence-corrected chi connectivity index (χ3v) is 2.71. The van der Waals surface area contributed by atoms with E-state index < -0.39 is 20.6 Å². The molecule has 0 rings (SSSR count). The molecule has 0 saturated carbocycles. The number of carboxylic acids is 1. The maximum Gasteiger partial charge on any atom is -0.147 e. The van der Waals surface area contributed by atoms with E-state index in [1.54, 1.807) is 6.08 Å². The van der Waals surface area contributed by atoms with E-state index in [2.05, 4.69) is 11.4 Å². The van der Waals surface area contributed by atoms with Gasteiger partial charge in [0.2, 0.25) is 0 Å². The first kappa shape index (κ1) is 12.7. The molecule has 0 atom stereocenters. The Morgan fingerprint density at radius 3 is 2.40 bits per heavy atom. The molecule has 0 fully saturated rings. The van der Waals surface area contributed by atoms with Crippen LogP contribution in [0.3, 0.4) is 0 Å². The summed E-state index contributed by atoms with van der Waals surface area (Å²) in [5.74, 6) is -0.842. The van der Waals surface area contributed by atoms with Crippen molar-refractivity contribution in [1.29, 1.82) is 0 Å². The van der Waals surface area contributed by atoms with Crippen molar-refractivity contribution in [1.82, 2.24) is 0 Å². The van der Waals surface area contributed by atoms with E-state index >= 15 is 0 Å². The summed E-state index contributed by atoms with van der Waals surface area (Å²) in [5.41, 5.74) is 4.39. The molecule has 10 heavy (non-hydrogen) atoms. The van der Waals surface area contributed by atoms with E-state index in [-0.39, 0.29) is 12.4 Å². The Bertz CT molecular complexity index is 123. The predicted octanol–water partition coefficient (Wildman–Crippen LogP) is 1.80. The number of carboxylic acid groups (broad SMARTS) is 1. The van der Waals surface area contributed by atoms with Gasteiger partial charge in [-0.2, -0.15) is 0 Å². The fourth-order valence-electron chi connectivity index (χ4n) is 0.364. The smallest absolute Gasteiger partial charge is 0.147 e. The average Bonchev–Trinajstić information content (AvgIpc) is 1.63. The maximum absolute atomic E-state index is 9.91. The minimum absolute atomic E-state index is 0. The van der Waals surface area contributed by atoms with Gasteiger partial charge >= 0.3 is 59.3 Å². The number of halogens is 1. The second kappa shape index (κ2) is 7.17. The Hall–Kier alpha value is 0.0584.